The van der Waals surface area contributed by atoms with Crippen LogP contribution in [0.2, 0.25) is 0 Å². The van der Waals surface area contributed by atoms with E-state index in [1.807, 2.05) is 49.6 Å². The number of rotatable bonds is 7. The first kappa shape index (κ1) is 18.7. The lowest BCUT2D eigenvalue weighted by atomic mass is 10.2. The number of carbonyl (C=O) groups excluding carboxylic acids is 1. The lowest BCUT2D eigenvalue weighted by Crippen LogP contribution is -2.27. The van der Waals surface area contributed by atoms with Crippen LogP contribution < -0.4 is 5.32 Å². The van der Waals surface area contributed by atoms with Crippen molar-refractivity contribution in [2.24, 2.45) is 0 Å². The van der Waals surface area contributed by atoms with Crippen LogP contribution in [0.3, 0.4) is 0 Å². The van der Waals surface area contributed by atoms with Gasteiger partial charge in [0.25, 0.3) is 5.22 Å². The number of nitrogens with one attached hydrogen (secondary N) is 1. The predicted octanol–water partition coefficient (Wildman–Crippen LogP) is 4.14. The number of thiazole rings is 1. The van der Waals surface area contributed by atoms with E-state index >= 15 is 0 Å². The zero-order valence-corrected chi connectivity index (χ0v) is 17.0. The number of aryl methyl sites for hydroxylation is 1. The Balaban J connectivity index is 1.29. The van der Waals surface area contributed by atoms with Crippen LogP contribution in [0.15, 0.2) is 49.8 Å². The van der Waals surface area contributed by atoms with Crippen LogP contribution in [-0.2, 0) is 11.2 Å². The van der Waals surface area contributed by atoms with Gasteiger partial charge in [-0.15, -0.1) is 21.5 Å². The van der Waals surface area contributed by atoms with Crippen LogP contribution in [0.1, 0.15) is 35.3 Å². The first-order valence-electron chi connectivity index (χ1n) is 8.71. The summed E-state index contributed by atoms with van der Waals surface area (Å²) in [6, 6.07) is 9.47. The van der Waals surface area contributed by atoms with Gasteiger partial charge in [0.15, 0.2) is 0 Å². The highest BCUT2D eigenvalue weighted by Crippen LogP contribution is 2.24. The van der Waals surface area contributed by atoms with Crippen molar-refractivity contribution >= 4 is 40.0 Å². The number of para-hydroxylation sites is 1. The van der Waals surface area contributed by atoms with Gasteiger partial charge in [-0.2, -0.15) is 0 Å². The Bertz CT molecular complexity index is 1070. The quantitative estimate of drug-likeness (QED) is 0.454. The van der Waals surface area contributed by atoms with Crippen molar-refractivity contribution in [1.82, 2.24) is 20.5 Å². The minimum absolute atomic E-state index is 0.132. The summed E-state index contributed by atoms with van der Waals surface area (Å²) in [4.78, 5) is 16.6. The molecule has 1 N–H and O–H groups in total. The van der Waals surface area contributed by atoms with Gasteiger partial charge < -0.3 is 14.2 Å². The van der Waals surface area contributed by atoms with E-state index in [0.717, 1.165) is 27.4 Å². The standard InChI is InChI=1S/C19H18N4O3S2/c1-11(16-7-13-5-3-4-6-15(13)25-16)20-17(24)10-28-19-23-22-18(26-19)8-14-9-27-12(2)21-14/h3-7,9,11H,8,10H2,1-2H3,(H,20,24)/t11-/m1/s1. The Morgan fingerprint density at radius 1 is 1.29 bits per heavy atom. The van der Waals surface area contributed by atoms with Gasteiger partial charge in [0.05, 0.1) is 28.9 Å². The number of benzene rings is 1. The molecular weight excluding hydrogens is 396 g/mol. The molecule has 4 rings (SSSR count). The number of amides is 1. The average molecular weight is 415 g/mol. The van der Waals surface area contributed by atoms with Gasteiger partial charge in [-0.05, 0) is 26.0 Å². The van der Waals surface area contributed by atoms with Gasteiger partial charge in [-0.3, -0.25) is 4.79 Å². The molecule has 9 heteroatoms. The van der Waals surface area contributed by atoms with E-state index in [-0.39, 0.29) is 17.7 Å². The van der Waals surface area contributed by atoms with Gasteiger partial charge in [0.1, 0.15) is 11.3 Å². The van der Waals surface area contributed by atoms with Crippen LogP contribution in [0, 0.1) is 6.92 Å². The second-order valence-corrected chi connectivity index (χ2v) is 8.25. The summed E-state index contributed by atoms with van der Waals surface area (Å²) in [7, 11) is 0. The molecule has 1 atom stereocenters. The molecule has 0 aliphatic rings. The Hall–Kier alpha value is -2.65. The monoisotopic (exact) mass is 414 g/mol. The maximum Gasteiger partial charge on any atom is 0.277 e. The van der Waals surface area contributed by atoms with Gasteiger partial charge in [-0.1, -0.05) is 30.0 Å². The Labute approximate surface area is 169 Å². The molecule has 1 aromatic carbocycles. The van der Waals surface area contributed by atoms with E-state index in [2.05, 4.69) is 20.5 Å². The van der Waals surface area contributed by atoms with E-state index in [0.29, 0.717) is 17.5 Å². The summed E-state index contributed by atoms with van der Waals surface area (Å²) in [6.45, 7) is 3.84. The molecule has 4 aromatic rings. The molecular formula is C19H18N4O3S2. The molecule has 0 saturated carbocycles. The minimum Gasteiger partial charge on any atom is -0.459 e. The summed E-state index contributed by atoms with van der Waals surface area (Å²) >= 11 is 2.79. The number of nitrogens with zero attached hydrogens (tertiary/aromatic N) is 3. The topological polar surface area (TPSA) is 94.0 Å². The highest BCUT2D eigenvalue weighted by molar-refractivity contribution is 7.99. The molecule has 28 heavy (non-hydrogen) atoms. The van der Waals surface area contributed by atoms with Gasteiger partial charge in [0.2, 0.25) is 11.8 Å². The van der Waals surface area contributed by atoms with Crippen molar-refractivity contribution < 1.29 is 13.6 Å². The Morgan fingerprint density at radius 3 is 2.93 bits per heavy atom. The highest BCUT2D eigenvalue weighted by atomic mass is 32.2. The van der Waals surface area contributed by atoms with Crippen molar-refractivity contribution in [3.8, 4) is 0 Å². The normalized spacial score (nSPS) is 12.4. The summed E-state index contributed by atoms with van der Waals surface area (Å²) in [5, 5.41) is 15.3. The molecule has 0 aliphatic carbocycles. The van der Waals surface area contributed by atoms with Crippen LogP contribution in [-0.4, -0.2) is 26.8 Å². The zero-order valence-electron chi connectivity index (χ0n) is 15.3. The maximum absolute atomic E-state index is 12.2. The van der Waals surface area contributed by atoms with Crippen molar-refractivity contribution in [3.05, 3.63) is 58.1 Å². The fraction of sp³-hybridized carbons (Fsp3) is 0.263. The fourth-order valence-electron chi connectivity index (χ4n) is 2.71. The smallest absolute Gasteiger partial charge is 0.277 e. The van der Waals surface area contributed by atoms with Gasteiger partial charge >= 0.3 is 0 Å². The molecule has 3 aromatic heterocycles. The van der Waals surface area contributed by atoms with E-state index < -0.39 is 0 Å². The van der Waals surface area contributed by atoms with Gasteiger partial charge in [0, 0.05) is 10.8 Å². The second kappa shape index (κ2) is 8.15. The minimum atomic E-state index is -0.230. The molecule has 0 fully saturated rings. The number of hydrogen-bond donors (Lipinski definition) is 1. The van der Waals surface area contributed by atoms with Crippen LogP contribution in [0.25, 0.3) is 11.0 Å². The first-order valence-corrected chi connectivity index (χ1v) is 10.6. The number of thioether (sulfide) groups is 1. The Morgan fingerprint density at radius 2 is 2.14 bits per heavy atom. The maximum atomic E-state index is 12.2. The summed E-state index contributed by atoms with van der Waals surface area (Å²) in [6.07, 6.45) is 0.493. The lowest BCUT2D eigenvalue weighted by molar-refractivity contribution is -0.119. The molecule has 0 aliphatic heterocycles. The number of fused-ring (bicyclic) bond motifs is 1. The third-order valence-corrected chi connectivity index (χ3v) is 5.66. The molecule has 0 spiro atoms. The van der Waals surface area contributed by atoms with Crippen molar-refractivity contribution in [2.45, 2.75) is 31.5 Å². The zero-order chi connectivity index (χ0) is 19.5. The SMILES string of the molecule is Cc1nc(Cc2nnc(SCC(=O)N[C@H](C)c3cc4ccccc4o3)o2)cs1. The van der Waals surface area contributed by atoms with E-state index in [1.54, 1.807) is 11.3 Å². The number of carbonyl (C=O) groups is 1. The van der Waals surface area contributed by atoms with Crippen molar-refractivity contribution in [2.75, 3.05) is 5.75 Å². The van der Waals surface area contributed by atoms with Crippen molar-refractivity contribution in [3.63, 3.8) is 0 Å². The van der Waals surface area contributed by atoms with E-state index in [9.17, 15) is 4.79 Å². The van der Waals surface area contributed by atoms with Gasteiger partial charge in [-0.25, -0.2) is 4.98 Å². The van der Waals surface area contributed by atoms with Crippen LogP contribution in [0.4, 0.5) is 0 Å². The summed E-state index contributed by atoms with van der Waals surface area (Å²) in [5.41, 5.74) is 1.71. The number of aromatic nitrogens is 3. The fourth-order valence-corrected chi connectivity index (χ4v) is 3.91. The highest BCUT2D eigenvalue weighted by Gasteiger charge is 2.16. The van der Waals surface area contributed by atoms with Crippen LogP contribution in [0.5, 0.6) is 0 Å². The summed E-state index contributed by atoms with van der Waals surface area (Å²) < 4.78 is 11.4. The lowest BCUT2D eigenvalue weighted by Gasteiger charge is -2.10. The molecule has 1 amide bonds. The Kier molecular flexibility index (Phi) is 5.45. The number of furan rings is 1. The predicted molar refractivity (Wildman–Crippen MR) is 107 cm³/mol. The molecule has 0 unspecified atom stereocenters. The summed E-state index contributed by atoms with van der Waals surface area (Å²) in [5.74, 6) is 1.26. The third kappa shape index (κ3) is 4.42. The average Bonchev–Trinajstić information content (AvgIpc) is 3.40. The van der Waals surface area contributed by atoms with Crippen molar-refractivity contribution in [1.29, 1.82) is 0 Å². The first-order chi connectivity index (χ1) is 13.6. The molecule has 0 radical (unpaired) electrons. The largest absolute Gasteiger partial charge is 0.459 e. The van der Waals surface area contributed by atoms with Crippen LogP contribution >= 0.6 is 23.1 Å². The molecule has 0 saturated heterocycles. The molecule has 3 heterocycles. The van der Waals surface area contributed by atoms with E-state index in [4.69, 9.17) is 8.83 Å². The third-order valence-electron chi connectivity index (χ3n) is 4.02. The molecule has 0 bridgehead atoms. The molecule has 7 nitrogen and oxygen atoms in total. The van der Waals surface area contributed by atoms with E-state index in [1.165, 1.54) is 11.8 Å². The number of hydrogen-bond acceptors (Lipinski definition) is 8. The molecule has 144 valence electrons. The second-order valence-electron chi connectivity index (χ2n) is 6.26.